The Morgan fingerprint density at radius 1 is 1.47 bits per heavy atom. The first-order valence-electron chi connectivity index (χ1n) is 6.71. The summed E-state index contributed by atoms with van der Waals surface area (Å²) >= 11 is 6.03. The van der Waals surface area contributed by atoms with E-state index in [0.29, 0.717) is 23.0 Å². The van der Waals surface area contributed by atoms with Gasteiger partial charge < -0.3 is 10.4 Å². The van der Waals surface area contributed by atoms with E-state index in [4.69, 9.17) is 16.7 Å². The number of hydrogen-bond donors (Lipinski definition) is 2. The number of benzene rings is 1. The van der Waals surface area contributed by atoms with Gasteiger partial charge >= 0.3 is 0 Å². The number of aliphatic hydroxyl groups is 1. The molecule has 0 amide bonds. The molecule has 1 aliphatic heterocycles. The van der Waals surface area contributed by atoms with Crippen LogP contribution in [-0.4, -0.2) is 48.8 Å². The van der Waals surface area contributed by atoms with Crippen molar-refractivity contribution in [3.8, 4) is 0 Å². The highest BCUT2D eigenvalue weighted by Gasteiger charge is 2.21. The van der Waals surface area contributed by atoms with E-state index >= 15 is 0 Å². The lowest BCUT2D eigenvalue weighted by molar-refractivity contribution is 0.131. The van der Waals surface area contributed by atoms with Crippen molar-refractivity contribution in [1.82, 2.24) is 10.2 Å². The lowest BCUT2D eigenvalue weighted by Gasteiger charge is -2.36. The number of rotatable bonds is 5. The van der Waals surface area contributed by atoms with Crippen molar-refractivity contribution >= 4 is 11.6 Å². The van der Waals surface area contributed by atoms with Crippen molar-refractivity contribution in [3.63, 3.8) is 0 Å². The molecule has 1 saturated heterocycles. The van der Waals surface area contributed by atoms with Crippen molar-refractivity contribution in [3.05, 3.63) is 34.6 Å². The molecule has 2 N–H and O–H groups in total. The van der Waals surface area contributed by atoms with Crippen molar-refractivity contribution in [2.75, 3.05) is 32.8 Å². The van der Waals surface area contributed by atoms with Crippen LogP contribution < -0.4 is 5.32 Å². The highest BCUT2D eigenvalue weighted by molar-refractivity contribution is 6.31. The average molecular weight is 287 g/mol. The molecule has 5 heteroatoms. The van der Waals surface area contributed by atoms with E-state index < -0.39 is 0 Å². The zero-order valence-electron chi connectivity index (χ0n) is 10.9. The normalized spacial score (nSPS) is 20.7. The van der Waals surface area contributed by atoms with Crippen molar-refractivity contribution in [2.24, 2.45) is 0 Å². The van der Waals surface area contributed by atoms with E-state index in [2.05, 4.69) is 10.2 Å². The number of nitrogens with one attached hydrogen (secondary N) is 1. The molecule has 1 aliphatic rings. The number of halogens is 2. The predicted molar refractivity (Wildman–Crippen MR) is 75.0 cm³/mol. The summed E-state index contributed by atoms with van der Waals surface area (Å²) < 4.78 is 13.7. The molecule has 1 atom stereocenters. The summed E-state index contributed by atoms with van der Waals surface area (Å²) in [7, 11) is 0. The molecule has 0 bridgehead atoms. The zero-order chi connectivity index (χ0) is 13.7. The van der Waals surface area contributed by atoms with Crippen LogP contribution in [0.1, 0.15) is 12.0 Å². The summed E-state index contributed by atoms with van der Waals surface area (Å²) in [5.41, 5.74) is 0.588. The second-order valence-corrected chi connectivity index (χ2v) is 5.26. The first kappa shape index (κ1) is 14.7. The third-order valence-electron chi connectivity index (χ3n) is 3.65. The van der Waals surface area contributed by atoms with E-state index in [1.165, 1.54) is 6.07 Å². The fourth-order valence-electron chi connectivity index (χ4n) is 2.56. The Morgan fingerprint density at radius 2 is 2.32 bits per heavy atom. The average Bonchev–Trinajstić information content (AvgIpc) is 2.40. The van der Waals surface area contributed by atoms with Gasteiger partial charge in [-0.1, -0.05) is 17.7 Å². The van der Waals surface area contributed by atoms with Crippen LogP contribution in [0.25, 0.3) is 0 Å². The van der Waals surface area contributed by atoms with Crippen molar-refractivity contribution in [2.45, 2.75) is 18.9 Å². The number of piperazine rings is 1. The molecule has 2 rings (SSSR count). The summed E-state index contributed by atoms with van der Waals surface area (Å²) in [5.74, 6) is -0.235. The lowest BCUT2D eigenvalue weighted by atomic mass is 10.1. The largest absolute Gasteiger partial charge is 0.396 e. The standard InChI is InChI=1S/C14H20ClFN2O/c15-13-2-1-3-14(16)12(13)4-7-18-8-6-17-10-11(18)5-9-19/h1-3,11,17,19H,4-10H2/t11-/m0/s1. The molecule has 0 unspecified atom stereocenters. The van der Waals surface area contributed by atoms with Gasteiger partial charge in [0, 0.05) is 49.4 Å². The molecular formula is C14H20ClFN2O. The van der Waals surface area contributed by atoms with Crippen LogP contribution in [0, 0.1) is 5.82 Å². The summed E-state index contributed by atoms with van der Waals surface area (Å²) in [6, 6.07) is 5.12. The second-order valence-electron chi connectivity index (χ2n) is 4.86. The molecule has 3 nitrogen and oxygen atoms in total. The van der Waals surface area contributed by atoms with Gasteiger partial charge in [-0.25, -0.2) is 4.39 Å². The van der Waals surface area contributed by atoms with E-state index in [9.17, 15) is 4.39 Å². The Hall–Kier alpha value is -0.680. The molecule has 0 aliphatic carbocycles. The van der Waals surface area contributed by atoms with E-state index in [-0.39, 0.29) is 12.4 Å². The first-order valence-corrected chi connectivity index (χ1v) is 7.08. The van der Waals surface area contributed by atoms with Crippen LogP contribution in [0.4, 0.5) is 4.39 Å². The minimum absolute atomic E-state index is 0.184. The van der Waals surface area contributed by atoms with Gasteiger partial charge in [0.05, 0.1) is 0 Å². The Labute approximate surface area is 118 Å². The molecule has 0 radical (unpaired) electrons. The molecule has 1 aromatic rings. The Kier molecular flexibility index (Phi) is 5.58. The Balaban J connectivity index is 1.96. The molecular weight excluding hydrogens is 267 g/mol. The number of hydrogen-bond acceptors (Lipinski definition) is 3. The summed E-state index contributed by atoms with van der Waals surface area (Å²) in [6.07, 6.45) is 1.35. The predicted octanol–water partition coefficient (Wildman–Crippen LogP) is 1.68. The second kappa shape index (κ2) is 7.20. The monoisotopic (exact) mass is 286 g/mol. The van der Waals surface area contributed by atoms with Gasteiger partial charge in [0.15, 0.2) is 0 Å². The summed E-state index contributed by atoms with van der Waals surface area (Å²) in [4.78, 5) is 2.30. The van der Waals surface area contributed by atoms with E-state index in [1.54, 1.807) is 12.1 Å². The smallest absolute Gasteiger partial charge is 0.127 e. The summed E-state index contributed by atoms with van der Waals surface area (Å²) in [5, 5.41) is 12.9. The molecule has 1 fully saturated rings. The zero-order valence-corrected chi connectivity index (χ0v) is 11.7. The fraction of sp³-hybridized carbons (Fsp3) is 0.571. The van der Waals surface area contributed by atoms with Crippen LogP contribution >= 0.6 is 11.6 Å². The topological polar surface area (TPSA) is 35.5 Å². The molecule has 1 heterocycles. The first-order chi connectivity index (χ1) is 9.22. The maximum atomic E-state index is 13.7. The van der Waals surface area contributed by atoms with Crippen LogP contribution in [0.3, 0.4) is 0 Å². The molecule has 1 aromatic carbocycles. The SMILES string of the molecule is OCC[C@H]1CNCCN1CCc1c(F)cccc1Cl. The quantitative estimate of drug-likeness (QED) is 0.864. The van der Waals surface area contributed by atoms with Crippen molar-refractivity contribution < 1.29 is 9.50 Å². The third kappa shape index (κ3) is 3.89. The fourth-order valence-corrected chi connectivity index (χ4v) is 2.82. The van der Waals surface area contributed by atoms with Crippen LogP contribution in [0.2, 0.25) is 5.02 Å². The third-order valence-corrected chi connectivity index (χ3v) is 4.00. The number of nitrogens with zero attached hydrogens (tertiary/aromatic N) is 1. The van der Waals surface area contributed by atoms with Crippen LogP contribution in [0.15, 0.2) is 18.2 Å². The van der Waals surface area contributed by atoms with Crippen molar-refractivity contribution in [1.29, 1.82) is 0 Å². The van der Waals surface area contributed by atoms with Gasteiger partial charge in [0.1, 0.15) is 5.82 Å². The molecule has 0 aromatic heterocycles. The van der Waals surface area contributed by atoms with Gasteiger partial charge in [0.25, 0.3) is 0 Å². The maximum Gasteiger partial charge on any atom is 0.127 e. The minimum atomic E-state index is -0.235. The van der Waals surface area contributed by atoms with E-state index in [0.717, 1.165) is 32.6 Å². The number of aliphatic hydroxyl groups excluding tert-OH is 1. The maximum absolute atomic E-state index is 13.7. The van der Waals surface area contributed by atoms with E-state index in [1.807, 2.05) is 0 Å². The lowest BCUT2D eigenvalue weighted by Crippen LogP contribution is -2.52. The van der Waals surface area contributed by atoms with Gasteiger partial charge in [-0.3, -0.25) is 4.90 Å². The molecule has 19 heavy (non-hydrogen) atoms. The van der Waals surface area contributed by atoms with Gasteiger partial charge in [-0.15, -0.1) is 0 Å². The molecule has 106 valence electrons. The highest BCUT2D eigenvalue weighted by atomic mass is 35.5. The van der Waals surface area contributed by atoms with Crippen LogP contribution in [0.5, 0.6) is 0 Å². The highest BCUT2D eigenvalue weighted by Crippen LogP contribution is 2.20. The Bertz CT molecular complexity index is 394. The van der Waals surface area contributed by atoms with Gasteiger partial charge in [-0.05, 0) is 25.0 Å². The van der Waals surface area contributed by atoms with Gasteiger partial charge in [0.2, 0.25) is 0 Å². The van der Waals surface area contributed by atoms with Crippen LogP contribution in [-0.2, 0) is 6.42 Å². The van der Waals surface area contributed by atoms with Gasteiger partial charge in [-0.2, -0.15) is 0 Å². The summed E-state index contributed by atoms with van der Waals surface area (Å²) in [6.45, 7) is 3.70. The Morgan fingerprint density at radius 3 is 3.05 bits per heavy atom. The molecule has 0 saturated carbocycles. The molecule has 0 spiro atoms. The minimum Gasteiger partial charge on any atom is -0.396 e.